The molecule has 2 heterocycles. The predicted molar refractivity (Wildman–Crippen MR) is 81.1 cm³/mol. The van der Waals surface area contributed by atoms with Crippen LogP contribution in [0.3, 0.4) is 0 Å². The molecule has 2 N–H and O–H groups in total. The van der Waals surface area contributed by atoms with Crippen LogP contribution in [0.25, 0.3) is 0 Å². The average molecular weight is 283 g/mol. The fourth-order valence-electron chi connectivity index (χ4n) is 2.92. The van der Waals surface area contributed by atoms with E-state index in [0.717, 1.165) is 38.8 Å². The summed E-state index contributed by atoms with van der Waals surface area (Å²) in [5.74, 6) is 0.795. The van der Waals surface area contributed by atoms with Gasteiger partial charge in [0.1, 0.15) is 0 Å². The van der Waals surface area contributed by atoms with Gasteiger partial charge in [-0.1, -0.05) is 18.2 Å². The summed E-state index contributed by atoms with van der Waals surface area (Å²) in [6.45, 7) is 5.07. The molecule has 1 aromatic rings. The normalized spacial score (nSPS) is 18.5. The average Bonchev–Trinajstić information content (AvgIpc) is 2.89. The van der Waals surface area contributed by atoms with E-state index in [4.69, 9.17) is 4.74 Å². The minimum atomic E-state index is 0. The molecule has 2 aliphatic rings. The Labute approximate surface area is 121 Å². The molecule has 1 saturated heterocycles. The fourth-order valence-corrected chi connectivity index (χ4v) is 2.92. The molecule has 0 saturated carbocycles. The third-order valence-corrected chi connectivity index (χ3v) is 4.02. The zero-order valence-electron chi connectivity index (χ0n) is 11.3. The van der Waals surface area contributed by atoms with E-state index in [9.17, 15) is 0 Å². The number of ether oxygens (including phenoxy) is 1. The van der Waals surface area contributed by atoms with Crippen molar-refractivity contribution in [2.75, 3.05) is 31.6 Å². The zero-order chi connectivity index (χ0) is 12.2. The topological polar surface area (TPSA) is 33.3 Å². The number of anilines is 1. The Kier molecular flexibility index (Phi) is 5.49. The van der Waals surface area contributed by atoms with Crippen LogP contribution in [0, 0.1) is 5.92 Å². The molecule has 0 atom stereocenters. The van der Waals surface area contributed by atoms with Crippen LogP contribution in [0.5, 0.6) is 0 Å². The molecule has 3 rings (SSSR count). The quantitative estimate of drug-likeness (QED) is 0.891. The molecule has 1 aromatic carbocycles. The van der Waals surface area contributed by atoms with Crippen molar-refractivity contribution in [2.24, 2.45) is 5.92 Å². The first-order valence-corrected chi connectivity index (χ1v) is 7.06. The first-order chi connectivity index (χ1) is 8.93. The van der Waals surface area contributed by atoms with Gasteiger partial charge in [0.15, 0.2) is 0 Å². The van der Waals surface area contributed by atoms with Gasteiger partial charge in [0.05, 0.1) is 0 Å². The Bertz CT molecular complexity index is 405. The van der Waals surface area contributed by atoms with Crippen molar-refractivity contribution < 1.29 is 4.74 Å². The predicted octanol–water partition coefficient (Wildman–Crippen LogP) is 2.59. The third-order valence-electron chi connectivity index (χ3n) is 4.02. The van der Waals surface area contributed by atoms with Crippen molar-refractivity contribution in [1.82, 2.24) is 5.32 Å². The van der Waals surface area contributed by atoms with Crippen LogP contribution in [0.2, 0.25) is 0 Å². The Balaban J connectivity index is 0.00000133. The van der Waals surface area contributed by atoms with Crippen molar-refractivity contribution in [3.63, 3.8) is 0 Å². The van der Waals surface area contributed by atoms with E-state index < -0.39 is 0 Å². The maximum absolute atomic E-state index is 5.39. The highest BCUT2D eigenvalue weighted by Gasteiger charge is 2.15. The van der Waals surface area contributed by atoms with Gasteiger partial charge in [0, 0.05) is 32.0 Å². The number of nitrogens with one attached hydrogen (secondary N) is 2. The second-order valence-corrected chi connectivity index (χ2v) is 5.31. The Morgan fingerprint density at radius 1 is 1.26 bits per heavy atom. The van der Waals surface area contributed by atoms with Crippen molar-refractivity contribution in [1.29, 1.82) is 0 Å². The minimum Gasteiger partial charge on any atom is -0.384 e. The maximum Gasteiger partial charge on any atom is 0.0469 e. The lowest BCUT2D eigenvalue weighted by Gasteiger charge is -2.22. The van der Waals surface area contributed by atoms with Crippen LogP contribution < -0.4 is 10.6 Å². The van der Waals surface area contributed by atoms with Crippen LogP contribution in [-0.4, -0.2) is 26.3 Å². The molecular formula is C15H23ClN2O. The van der Waals surface area contributed by atoms with Crippen molar-refractivity contribution in [3.8, 4) is 0 Å². The lowest BCUT2D eigenvalue weighted by Crippen LogP contribution is -2.27. The number of benzene rings is 1. The number of rotatable bonds is 4. The molecule has 0 aromatic heterocycles. The van der Waals surface area contributed by atoms with E-state index in [-0.39, 0.29) is 12.4 Å². The zero-order valence-corrected chi connectivity index (χ0v) is 12.1. The highest BCUT2D eigenvalue weighted by atomic mass is 35.5. The van der Waals surface area contributed by atoms with Crippen LogP contribution >= 0.6 is 12.4 Å². The number of hydrogen-bond acceptors (Lipinski definition) is 3. The van der Waals surface area contributed by atoms with E-state index in [0.29, 0.717) is 0 Å². The number of halogens is 1. The lowest BCUT2D eigenvalue weighted by molar-refractivity contribution is 0.0662. The molecule has 2 aliphatic heterocycles. The monoisotopic (exact) mass is 282 g/mol. The Hall–Kier alpha value is -0.770. The van der Waals surface area contributed by atoms with E-state index in [2.05, 4.69) is 28.8 Å². The SMILES string of the molecule is Cl.c1cc2c(c(CNCC3CCOCC3)c1)NCC2. The third kappa shape index (κ3) is 3.62. The molecule has 0 unspecified atom stereocenters. The molecule has 0 bridgehead atoms. The number of para-hydroxylation sites is 1. The molecule has 19 heavy (non-hydrogen) atoms. The largest absolute Gasteiger partial charge is 0.384 e. The van der Waals surface area contributed by atoms with Crippen molar-refractivity contribution >= 4 is 18.1 Å². The standard InChI is InChI=1S/C15H22N2O.ClH/c1-2-13-4-7-17-15(13)14(3-1)11-16-10-12-5-8-18-9-6-12;/h1-3,12,16-17H,4-11H2;1H. The summed E-state index contributed by atoms with van der Waals surface area (Å²) in [7, 11) is 0. The summed E-state index contributed by atoms with van der Waals surface area (Å²) in [6.07, 6.45) is 3.58. The summed E-state index contributed by atoms with van der Waals surface area (Å²) < 4.78 is 5.39. The Morgan fingerprint density at radius 2 is 2.11 bits per heavy atom. The second-order valence-electron chi connectivity index (χ2n) is 5.31. The fraction of sp³-hybridized carbons (Fsp3) is 0.600. The van der Waals surface area contributed by atoms with Gasteiger partial charge >= 0.3 is 0 Å². The van der Waals surface area contributed by atoms with Gasteiger partial charge in [0.25, 0.3) is 0 Å². The summed E-state index contributed by atoms with van der Waals surface area (Å²) >= 11 is 0. The van der Waals surface area contributed by atoms with Gasteiger partial charge in [0.2, 0.25) is 0 Å². The first kappa shape index (κ1) is 14.6. The molecule has 0 amide bonds. The van der Waals surface area contributed by atoms with Gasteiger partial charge in [-0.2, -0.15) is 0 Å². The summed E-state index contributed by atoms with van der Waals surface area (Å²) in [6, 6.07) is 6.64. The molecule has 3 nitrogen and oxygen atoms in total. The van der Waals surface area contributed by atoms with Crippen LogP contribution in [0.1, 0.15) is 24.0 Å². The van der Waals surface area contributed by atoms with Crippen LogP contribution in [0.4, 0.5) is 5.69 Å². The van der Waals surface area contributed by atoms with Gasteiger partial charge in [-0.3, -0.25) is 0 Å². The van der Waals surface area contributed by atoms with E-state index in [1.165, 1.54) is 36.1 Å². The molecule has 4 heteroatoms. The van der Waals surface area contributed by atoms with Gasteiger partial charge in [-0.05, 0) is 42.9 Å². The summed E-state index contributed by atoms with van der Waals surface area (Å²) in [4.78, 5) is 0. The highest BCUT2D eigenvalue weighted by molar-refractivity contribution is 5.85. The van der Waals surface area contributed by atoms with E-state index in [1.54, 1.807) is 0 Å². The van der Waals surface area contributed by atoms with Crippen molar-refractivity contribution in [3.05, 3.63) is 29.3 Å². The first-order valence-electron chi connectivity index (χ1n) is 7.06. The summed E-state index contributed by atoms with van der Waals surface area (Å²) in [5.41, 5.74) is 4.26. The lowest BCUT2D eigenvalue weighted by atomic mass is 10.0. The second kappa shape index (κ2) is 7.13. The van der Waals surface area contributed by atoms with Gasteiger partial charge in [-0.15, -0.1) is 12.4 Å². The molecule has 0 aliphatic carbocycles. The van der Waals surface area contributed by atoms with Crippen LogP contribution in [-0.2, 0) is 17.7 Å². The Morgan fingerprint density at radius 3 is 2.95 bits per heavy atom. The molecular weight excluding hydrogens is 260 g/mol. The molecule has 0 spiro atoms. The number of fused-ring (bicyclic) bond motifs is 1. The number of hydrogen-bond donors (Lipinski definition) is 2. The van der Waals surface area contributed by atoms with E-state index in [1.807, 2.05) is 0 Å². The van der Waals surface area contributed by atoms with Gasteiger partial charge in [-0.25, -0.2) is 0 Å². The van der Waals surface area contributed by atoms with E-state index >= 15 is 0 Å². The van der Waals surface area contributed by atoms with Crippen LogP contribution in [0.15, 0.2) is 18.2 Å². The smallest absolute Gasteiger partial charge is 0.0469 e. The minimum absolute atomic E-state index is 0. The summed E-state index contributed by atoms with van der Waals surface area (Å²) in [5, 5.41) is 7.10. The van der Waals surface area contributed by atoms with Gasteiger partial charge < -0.3 is 15.4 Å². The maximum atomic E-state index is 5.39. The van der Waals surface area contributed by atoms with Crippen molar-refractivity contribution in [2.45, 2.75) is 25.8 Å². The molecule has 1 fully saturated rings. The molecule has 106 valence electrons. The molecule has 0 radical (unpaired) electrons. The highest BCUT2D eigenvalue weighted by Crippen LogP contribution is 2.26.